The van der Waals surface area contributed by atoms with Crippen molar-refractivity contribution in [2.45, 2.75) is 43.5 Å². The lowest BCUT2D eigenvalue weighted by Gasteiger charge is -2.37. The van der Waals surface area contributed by atoms with Crippen LogP contribution in [0.25, 0.3) is 6.08 Å². The number of nitrogens with zero attached hydrogens (tertiary/aromatic N) is 3. The summed E-state index contributed by atoms with van der Waals surface area (Å²) >= 11 is 4.72. The van der Waals surface area contributed by atoms with Crippen LogP contribution in [0.5, 0.6) is 0 Å². The average Bonchev–Trinajstić information content (AvgIpc) is 3.50. The highest BCUT2D eigenvalue weighted by molar-refractivity contribution is 7.81. The van der Waals surface area contributed by atoms with Crippen LogP contribution in [0.1, 0.15) is 43.0 Å². The fourth-order valence-electron chi connectivity index (χ4n) is 4.05. The minimum atomic E-state index is -0.867. The summed E-state index contributed by atoms with van der Waals surface area (Å²) in [4.78, 5) is 25.9. The van der Waals surface area contributed by atoms with E-state index in [9.17, 15) is 14.0 Å². The van der Waals surface area contributed by atoms with Gasteiger partial charge in [-0.3, -0.25) is 19.2 Å². The van der Waals surface area contributed by atoms with Crippen molar-refractivity contribution in [3.05, 3.63) is 59.2 Å². The minimum Gasteiger partial charge on any atom is -0.481 e. The molecule has 0 unspecified atom stereocenters. The molecule has 4 rings (SSSR count). The number of hydrogen-bond acceptors (Lipinski definition) is 5. The third kappa shape index (κ3) is 5.25. The van der Waals surface area contributed by atoms with E-state index in [1.54, 1.807) is 29.1 Å². The number of carboxylic acids is 1. The van der Waals surface area contributed by atoms with Gasteiger partial charge in [-0.05, 0) is 43.0 Å². The highest BCUT2D eigenvalue weighted by Crippen LogP contribution is 2.39. The van der Waals surface area contributed by atoms with Crippen molar-refractivity contribution in [3.8, 4) is 0 Å². The van der Waals surface area contributed by atoms with Crippen LogP contribution < -0.4 is 0 Å². The number of halogens is 1. The van der Waals surface area contributed by atoms with Crippen LogP contribution in [-0.4, -0.2) is 49.9 Å². The number of piperidine rings is 1. The molecule has 164 valence electrons. The van der Waals surface area contributed by atoms with Crippen molar-refractivity contribution < 1.29 is 19.1 Å². The number of ketones is 1. The molecule has 2 aliphatic rings. The molecule has 0 spiro atoms. The van der Waals surface area contributed by atoms with E-state index in [2.05, 4.69) is 10.00 Å². The van der Waals surface area contributed by atoms with E-state index < -0.39 is 12.0 Å². The van der Waals surface area contributed by atoms with Gasteiger partial charge in [0.2, 0.25) is 0 Å². The molecule has 1 N–H and O–H groups in total. The predicted octanol–water partition coefficient (Wildman–Crippen LogP) is 3.60. The molecule has 31 heavy (non-hydrogen) atoms. The average molecular weight is 444 g/mol. The summed E-state index contributed by atoms with van der Waals surface area (Å²) < 4.78 is 16.2. The standard InChI is InChI=1S/C23H26FN3O3S/c24-19-4-2-1-3-18(19)22(23(30)15-5-6-15)26-10-8-20(31)16(14-26)13-17-7-11-27(25-17)12-9-21(28)29/h1-4,7,11,13,15,20,22,31H,5-6,8-10,12,14H2,(H,28,29)/b16-13-/t20-,22+/m0/s1. The number of carbonyl (C=O) groups is 2. The van der Waals surface area contributed by atoms with Crippen molar-refractivity contribution in [2.75, 3.05) is 13.1 Å². The van der Waals surface area contributed by atoms with Crippen molar-refractivity contribution >= 4 is 30.5 Å². The van der Waals surface area contributed by atoms with Crippen molar-refractivity contribution in [1.29, 1.82) is 0 Å². The minimum absolute atomic E-state index is 0.00819. The van der Waals surface area contributed by atoms with Gasteiger partial charge in [0, 0.05) is 36.0 Å². The number of aromatic nitrogens is 2. The molecule has 1 saturated carbocycles. The molecule has 0 radical (unpaired) electrons. The van der Waals surface area contributed by atoms with E-state index in [1.807, 2.05) is 12.1 Å². The van der Waals surface area contributed by atoms with Gasteiger partial charge >= 0.3 is 5.97 Å². The number of carbonyl (C=O) groups excluding carboxylic acids is 1. The third-order valence-electron chi connectivity index (χ3n) is 5.87. The van der Waals surface area contributed by atoms with Crippen LogP contribution in [0.3, 0.4) is 0 Å². The number of hydrogen-bond donors (Lipinski definition) is 2. The molecule has 1 saturated heterocycles. The Hall–Kier alpha value is -2.45. The third-order valence-corrected chi connectivity index (χ3v) is 6.46. The van der Waals surface area contributed by atoms with E-state index in [1.165, 1.54) is 6.07 Å². The first-order valence-corrected chi connectivity index (χ1v) is 11.1. The van der Waals surface area contributed by atoms with Gasteiger partial charge in [-0.2, -0.15) is 17.7 Å². The zero-order valence-electron chi connectivity index (χ0n) is 17.2. The summed E-state index contributed by atoms with van der Waals surface area (Å²) in [5, 5.41) is 13.3. The maximum absolute atomic E-state index is 14.6. The fourth-order valence-corrected chi connectivity index (χ4v) is 4.32. The normalized spacial score (nSPS) is 21.9. The molecule has 1 aliphatic carbocycles. The van der Waals surface area contributed by atoms with Gasteiger partial charge < -0.3 is 5.11 Å². The summed E-state index contributed by atoms with van der Waals surface area (Å²) in [6.07, 6.45) is 6.21. The first kappa shape index (κ1) is 21.8. The summed E-state index contributed by atoms with van der Waals surface area (Å²) in [7, 11) is 0. The van der Waals surface area contributed by atoms with Crippen molar-refractivity contribution in [1.82, 2.24) is 14.7 Å². The van der Waals surface area contributed by atoms with Gasteiger partial charge in [0.25, 0.3) is 0 Å². The smallest absolute Gasteiger partial charge is 0.305 e. The van der Waals surface area contributed by atoms with E-state index in [-0.39, 0.29) is 29.2 Å². The van der Waals surface area contributed by atoms with Crippen LogP contribution >= 0.6 is 12.6 Å². The fraction of sp³-hybridized carbons (Fsp3) is 0.435. The van der Waals surface area contributed by atoms with Gasteiger partial charge in [0.15, 0.2) is 5.78 Å². The van der Waals surface area contributed by atoms with Gasteiger partial charge in [0.1, 0.15) is 5.82 Å². The molecule has 1 aromatic heterocycles. The van der Waals surface area contributed by atoms with Crippen LogP contribution in [0.2, 0.25) is 0 Å². The Morgan fingerprint density at radius 2 is 2.03 bits per heavy atom. The molecule has 2 fully saturated rings. The number of carboxylic acid groups (broad SMARTS) is 1. The van der Waals surface area contributed by atoms with Crippen LogP contribution in [0.15, 0.2) is 42.1 Å². The Bertz CT molecular complexity index is 1000. The number of rotatable bonds is 8. The highest BCUT2D eigenvalue weighted by Gasteiger charge is 2.40. The van der Waals surface area contributed by atoms with Crippen molar-refractivity contribution in [2.24, 2.45) is 5.92 Å². The highest BCUT2D eigenvalue weighted by atomic mass is 32.1. The molecule has 0 amide bonds. The lowest BCUT2D eigenvalue weighted by Crippen LogP contribution is -2.42. The quantitative estimate of drug-likeness (QED) is 0.610. The van der Waals surface area contributed by atoms with E-state index in [4.69, 9.17) is 17.7 Å². The Morgan fingerprint density at radius 3 is 2.74 bits per heavy atom. The van der Waals surface area contributed by atoms with Gasteiger partial charge in [-0.1, -0.05) is 18.2 Å². The molecule has 1 aliphatic heterocycles. The Morgan fingerprint density at radius 1 is 1.26 bits per heavy atom. The Labute approximate surface area is 186 Å². The molecule has 1 aromatic carbocycles. The molecule has 2 atom stereocenters. The molecule has 2 heterocycles. The number of aliphatic carboxylic acids is 1. The number of Topliss-reactive ketones (excluding diaryl/α,β-unsaturated/α-hetero) is 1. The first-order valence-electron chi connectivity index (χ1n) is 10.6. The van der Waals surface area contributed by atoms with E-state index in [0.29, 0.717) is 25.2 Å². The molecule has 8 heteroatoms. The first-order chi connectivity index (χ1) is 14.9. The number of aryl methyl sites for hydroxylation is 1. The SMILES string of the molecule is O=C(O)CCn1ccc(/C=C2/CN([C@@H](C(=O)C3CC3)c3ccccc3F)CC[C@@H]2S)n1. The topological polar surface area (TPSA) is 75.4 Å². The van der Waals surface area contributed by atoms with E-state index >= 15 is 0 Å². The molecule has 2 aromatic rings. The maximum atomic E-state index is 14.6. The molecular weight excluding hydrogens is 417 g/mol. The zero-order chi connectivity index (χ0) is 22.0. The summed E-state index contributed by atoms with van der Waals surface area (Å²) in [5.74, 6) is -1.10. The number of likely N-dealkylation sites (tertiary alicyclic amines) is 1. The molecular formula is C23H26FN3O3S. The summed E-state index contributed by atoms with van der Waals surface area (Å²) in [6, 6.07) is 7.78. The molecule has 0 bridgehead atoms. The largest absolute Gasteiger partial charge is 0.481 e. The second-order valence-electron chi connectivity index (χ2n) is 8.24. The lowest BCUT2D eigenvalue weighted by atomic mass is 9.93. The monoisotopic (exact) mass is 443 g/mol. The summed E-state index contributed by atoms with van der Waals surface area (Å²) in [5.41, 5.74) is 2.18. The Kier molecular flexibility index (Phi) is 6.57. The van der Waals surface area contributed by atoms with E-state index in [0.717, 1.165) is 30.5 Å². The van der Waals surface area contributed by atoms with Gasteiger partial charge in [-0.25, -0.2) is 4.39 Å². The van der Waals surface area contributed by atoms with Crippen LogP contribution in [-0.2, 0) is 16.1 Å². The number of thiol groups is 1. The predicted molar refractivity (Wildman–Crippen MR) is 118 cm³/mol. The maximum Gasteiger partial charge on any atom is 0.305 e. The van der Waals surface area contributed by atoms with Crippen LogP contribution in [0, 0.1) is 11.7 Å². The molecule has 6 nitrogen and oxygen atoms in total. The second kappa shape index (κ2) is 9.36. The summed E-state index contributed by atoms with van der Waals surface area (Å²) in [6.45, 7) is 1.48. The van der Waals surface area contributed by atoms with Crippen LogP contribution in [0.4, 0.5) is 4.39 Å². The lowest BCUT2D eigenvalue weighted by molar-refractivity contribution is -0.137. The zero-order valence-corrected chi connectivity index (χ0v) is 18.0. The van der Waals surface area contributed by atoms with Gasteiger partial charge in [0.05, 0.1) is 24.7 Å². The Balaban J connectivity index is 1.56. The second-order valence-corrected chi connectivity index (χ2v) is 8.87. The number of benzene rings is 1. The van der Waals surface area contributed by atoms with Crippen molar-refractivity contribution in [3.63, 3.8) is 0 Å². The van der Waals surface area contributed by atoms with Gasteiger partial charge in [-0.15, -0.1) is 0 Å².